The van der Waals surface area contributed by atoms with Gasteiger partial charge >= 0.3 is 5.97 Å². The molecule has 0 saturated carbocycles. The van der Waals surface area contributed by atoms with Gasteiger partial charge in [-0.05, 0) is 61.2 Å². The number of aryl methyl sites for hydroxylation is 2. The number of pyridine rings is 1. The number of rotatable bonds is 7. The van der Waals surface area contributed by atoms with Crippen molar-refractivity contribution in [1.82, 2.24) is 4.98 Å². The second-order valence-corrected chi connectivity index (χ2v) is 7.39. The molecule has 0 bridgehead atoms. The minimum absolute atomic E-state index is 0.379. The second kappa shape index (κ2) is 9.46. The summed E-state index contributed by atoms with van der Waals surface area (Å²) in [5.74, 6) is 0.489. The molecule has 0 saturated heterocycles. The number of carboxylic acid groups (broad SMARTS) is 1. The van der Waals surface area contributed by atoms with Crippen LogP contribution in [-0.4, -0.2) is 16.1 Å². The van der Waals surface area contributed by atoms with Crippen LogP contribution in [0, 0.1) is 13.8 Å². The first kappa shape index (κ1) is 21.4. The van der Waals surface area contributed by atoms with E-state index in [1.54, 1.807) is 31.3 Å². The summed E-state index contributed by atoms with van der Waals surface area (Å²) in [4.78, 5) is 15.2. The number of allylic oxidation sites excluding steroid dienone is 1. The van der Waals surface area contributed by atoms with Gasteiger partial charge in [0.25, 0.3) is 0 Å². The van der Waals surface area contributed by atoms with E-state index in [0.29, 0.717) is 34.6 Å². The Bertz CT molecular complexity index is 1050. The van der Waals surface area contributed by atoms with Gasteiger partial charge in [0.1, 0.15) is 12.4 Å². The molecule has 154 valence electrons. The number of carbonyl (C=O) groups is 1. The molecule has 30 heavy (non-hydrogen) atoms. The molecule has 5 nitrogen and oxygen atoms in total. The van der Waals surface area contributed by atoms with Gasteiger partial charge in [-0.3, -0.25) is 0 Å². The molecule has 0 spiro atoms. The minimum Gasteiger partial charge on any atom is -0.487 e. The summed E-state index contributed by atoms with van der Waals surface area (Å²) < 4.78 is 11.6. The Morgan fingerprint density at radius 3 is 2.47 bits per heavy atom. The van der Waals surface area contributed by atoms with Crippen molar-refractivity contribution in [1.29, 1.82) is 0 Å². The Labute approximate surface area is 180 Å². The lowest BCUT2D eigenvalue weighted by Gasteiger charge is -2.13. The third-order valence-corrected chi connectivity index (χ3v) is 4.75. The van der Waals surface area contributed by atoms with E-state index in [0.717, 1.165) is 22.8 Å². The summed E-state index contributed by atoms with van der Waals surface area (Å²) in [6.45, 7) is 6.06. The molecule has 6 heteroatoms. The fourth-order valence-electron chi connectivity index (χ4n) is 2.82. The van der Waals surface area contributed by atoms with Gasteiger partial charge in [-0.2, -0.15) is 0 Å². The SMILES string of the molecule is C/C(=C\C(=O)O)c1cc(C)c(Oc2ccc(OCc3ccc(C)cc3)cn2)c(Cl)c1. The summed E-state index contributed by atoms with van der Waals surface area (Å²) in [5, 5.41) is 9.30. The smallest absolute Gasteiger partial charge is 0.328 e. The number of carboxylic acids is 1. The zero-order chi connectivity index (χ0) is 21.7. The summed E-state index contributed by atoms with van der Waals surface area (Å²) >= 11 is 6.37. The van der Waals surface area contributed by atoms with Crippen LogP contribution in [0.25, 0.3) is 5.57 Å². The number of benzene rings is 2. The third-order valence-electron chi connectivity index (χ3n) is 4.47. The van der Waals surface area contributed by atoms with Gasteiger partial charge in [-0.25, -0.2) is 9.78 Å². The Morgan fingerprint density at radius 1 is 1.13 bits per heavy atom. The van der Waals surface area contributed by atoms with E-state index in [1.165, 1.54) is 5.56 Å². The lowest BCUT2D eigenvalue weighted by atomic mass is 10.0. The van der Waals surface area contributed by atoms with Crippen molar-refractivity contribution < 1.29 is 19.4 Å². The molecule has 1 aromatic heterocycles. The van der Waals surface area contributed by atoms with E-state index in [9.17, 15) is 4.79 Å². The van der Waals surface area contributed by atoms with Crippen molar-refractivity contribution in [2.75, 3.05) is 0 Å². The molecule has 0 radical (unpaired) electrons. The maximum atomic E-state index is 10.9. The van der Waals surface area contributed by atoms with Crippen LogP contribution < -0.4 is 9.47 Å². The normalized spacial score (nSPS) is 11.3. The highest BCUT2D eigenvalue weighted by molar-refractivity contribution is 6.32. The Morgan fingerprint density at radius 2 is 1.87 bits per heavy atom. The Kier molecular flexibility index (Phi) is 6.75. The van der Waals surface area contributed by atoms with Crippen molar-refractivity contribution in [3.05, 3.63) is 88.1 Å². The Hall–Kier alpha value is -3.31. The maximum absolute atomic E-state index is 10.9. The van der Waals surface area contributed by atoms with Crippen molar-refractivity contribution in [2.24, 2.45) is 0 Å². The van der Waals surface area contributed by atoms with Gasteiger partial charge in [0, 0.05) is 12.1 Å². The number of nitrogens with zero attached hydrogens (tertiary/aromatic N) is 1. The molecule has 1 heterocycles. The first-order valence-corrected chi connectivity index (χ1v) is 9.73. The van der Waals surface area contributed by atoms with Gasteiger partial charge in [0.05, 0.1) is 11.2 Å². The predicted molar refractivity (Wildman–Crippen MR) is 117 cm³/mol. The minimum atomic E-state index is -1.00. The summed E-state index contributed by atoms with van der Waals surface area (Å²) in [7, 11) is 0. The number of aromatic nitrogens is 1. The van der Waals surface area contributed by atoms with Gasteiger partial charge < -0.3 is 14.6 Å². The third kappa shape index (κ3) is 5.61. The van der Waals surface area contributed by atoms with Crippen molar-refractivity contribution in [3.63, 3.8) is 0 Å². The van der Waals surface area contributed by atoms with Crippen LogP contribution in [0.2, 0.25) is 5.02 Å². The molecule has 0 unspecified atom stereocenters. The summed E-state index contributed by atoms with van der Waals surface area (Å²) in [6, 6.07) is 15.2. The molecule has 1 N–H and O–H groups in total. The second-order valence-electron chi connectivity index (χ2n) is 6.98. The highest BCUT2D eigenvalue weighted by atomic mass is 35.5. The molecule has 0 amide bonds. The molecule has 0 aliphatic carbocycles. The van der Waals surface area contributed by atoms with E-state index >= 15 is 0 Å². The number of halogens is 1. The molecule has 0 atom stereocenters. The molecule has 0 aliphatic rings. The van der Waals surface area contributed by atoms with Crippen LogP contribution in [0.4, 0.5) is 0 Å². The van der Waals surface area contributed by atoms with E-state index in [-0.39, 0.29) is 0 Å². The average Bonchev–Trinajstić information content (AvgIpc) is 2.70. The predicted octanol–water partition coefficient (Wildman–Crippen LogP) is 6.21. The highest BCUT2D eigenvalue weighted by Gasteiger charge is 2.12. The van der Waals surface area contributed by atoms with Gasteiger partial charge in [-0.1, -0.05) is 41.4 Å². The van der Waals surface area contributed by atoms with Crippen LogP contribution in [0.5, 0.6) is 17.4 Å². The molecule has 0 fully saturated rings. The van der Waals surface area contributed by atoms with Crippen LogP contribution >= 0.6 is 11.6 Å². The fourth-order valence-corrected chi connectivity index (χ4v) is 3.13. The van der Waals surface area contributed by atoms with Crippen molar-refractivity contribution >= 4 is 23.1 Å². The molecular weight excluding hydrogens is 402 g/mol. The van der Waals surface area contributed by atoms with Crippen molar-refractivity contribution in [2.45, 2.75) is 27.4 Å². The van der Waals surface area contributed by atoms with Crippen LogP contribution in [0.3, 0.4) is 0 Å². The van der Waals surface area contributed by atoms with E-state index in [4.69, 9.17) is 26.2 Å². The summed E-state index contributed by atoms with van der Waals surface area (Å²) in [6.07, 6.45) is 2.74. The largest absolute Gasteiger partial charge is 0.487 e. The van der Waals surface area contributed by atoms with Gasteiger partial charge in [-0.15, -0.1) is 0 Å². The topological polar surface area (TPSA) is 68.7 Å². The first-order valence-electron chi connectivity index (χ1n) is 9.36. The lowest BCUT2D eigenvalue weighted by Crippen LogP contribution is -1.97. The molecule has 2 aromatic carbocycles. The number of aliphatic carboxylic acids is 1. The van der Waals surface area contributed by atoms with Gasteiger partial charge in [0.15, 0.2) is 5.75 Å². The first-order chi connectivity index (χ1) is 14.3. The number of hydrogen-bond acceptors (Lipinski definition) is 4. The monoisotopic (exact) mass is 423 g/mol. The fraction of sp³-hybridized carbons (Fsp3) is 0.167. The van der Waals surface area contributed by atoms with E-state index in [2.05, 4.69) is 4.98 Å². The number of ether oxygens (including phenoxy) is 2. The van der Waals surface area contributed by atoms with Crippen molar-refractivity contribution in [3.8, 4) is 17.4 Å². The maximum Gasteiger partial charge on any atom is 0.328 e. The highest BCUT2D eigenvalue weighted by Crippen LogP contribution is 2.35. The van der Waals surface area contributed by atoms with Crippen LogP contribution in [-0.2, 0) is 11.4 Å². The van der Waals surface area contributed by atoms with E-state index in [1.807, 2.05) is 44.2 Å². The zero-order valence-corrected chi connectivity index (χ0v) is 17.7. The molecular formula is C24H22ClNO4. The standard InChI is InChI=1S/C24H22ClNO4/c1-15-4-6-18(7-5-15)14-29-20-8-9-22(26-13-20)30-24-17(3)10-19(12-21(24)25)16(2)11-23(27)28/h4-13H,14H2,1-3H3,(H,27,28)/b16-11+. The molecule has 0 aliphatic heterocycles. The van der Waals surface area contributed by atoms with Crippen LogP contribution in [0.15, 0.2) is 60.8 Å². The van der Waals surface area contributed by atoms with Crippen LogP contribution in [0.1, 0.15) is 29.2 Å². The Balaban J connectivity index is 1.69. The van der Waals surface area contributed by atoms with Gasteiger partial charge in [0.2, 0.25) is 5.88 Å². The quantitative estimate of drug-likeness (QED) is 0.457. The molecule has 3 rings (SSSR count). The summed E-state index contributed by atoms with van der Waals surface area (Å²) in [5.41, 5.74) is 4.39. The lowest BCUT2D eigenvalue weighted by molar-refractivity contribution is -0.131. The zero-order valence-electron chi connectivity index (χ0n) is 17.0. The van der Waals surface area contributed by atoms with E-state index < -0.39 is 5.97 Å². The number of hydrogen-bond donors (Lipinski definition) is 1. The molecule has 3 aromatic rings. The average molecular weight is 424 g/mol.